The van der Waals surface area contributed by atoms with Crippen LogP contribution in [0, 0.1) is 11.6 Å². The van der Waals surface area contributed by atoms with Gasteiger partial charge in [0, 0.05) is 24.8 Å². The van der Waals surface area contributed by atoms with Gasteiger partial charge in [0.2, 0.25) is 0 Å². The van der Waals surface area contributed by atoms with Crippen molar-refractivity contribution in [2.24, 2.45) is 0 Å². The molecule has 0 saturated carbocycles. The highest BCUT2D eigenvalue weighted by Gasteiger charge is 2.33. The van der Waals surface area contributed by atoms with Gasteiger partial charge in [-0.25, -0.2) is 8.78 Å². The highest BCUT2D eigenvalue weighted by Crippen LogP contribution is 2.38. The van der Waals surface area contributed by atoms with Crippen molar-refractivity contribution in [1.29, 1.82) is 0 Å². The van der Waals surface area contributed by atoms with Gasteiger partial charge in [-0.1, -0.05) is 0 Å². The Balaban J connectivity index is 1.93. The summed E-state index contributed by atoms with van der Waals surface area (Å²) in [5.41, 5.74) is -0.580. The lowest BCUT2D eigenvalue weighted by atomic mass is 10.2. The van der Waals surface area contributed by atoms with Crippen molar-refractivity contribution in [1.82, 2.24) is 0 Å². The minimum atomic E-state index is -4.84. The standard InChI is InChI=1S/C17H13BrF5NO/c18-12-4-3-11(24-5-1-2-6-24)9-15(12)25-16-13(19)7-10(8-14(16)20)17(21,22)23/h3-4,7-9H,1-2,5-6H2. The molecule has 1 heterocycles. The van der Waals surface area contributed by atoms with Crippen LogP contribution in [-0.2, 0) is 6.18 Å². The Morgan fingerprint density at radius 1 is 0.960 bits per heavy atom. The maximum Gasteiger partial charge on any atom is 0.416 e. The van der Waals surface area contributed by atoms with Gasteiger partial charge in [0.25, 0.3) is 0 Å². The minimum absolute atomic E-state index is 0.127. The highest BCUT2D eigenvalue weighted by atomic mass is 79.9. The predicted molar refractivity (Wildman–Crippen MR) is 87.0 cm³/mol. The summed E-state index contributed by atoms with van der Waals surface area (Å²) in [5, 5.41) is 0. The molecule has 2 aromatic carbocycles. The van der Waals surface area contributed by atoms with Gasteiger partial charge < -0.3 is 9.64 Å². The van der Waals surface area contributed by atoms with Gasteiger partial charge in [-0.15, -0.1) is 0 Å². The number of nitrogens with zero attached hydrogens (tertiary/aromatic N) is 1. The summed E-state index contributed by atoms with van der Waals surface area (Å²) < 4.78 is 71.5. The van der Waals surface area contributed by atoms with Gasteiger partial charge in [-0.2, -0.15) is 13.2 Å². The van der Waals surface area contributed by atoms with Gasteiger partial charge in [0.1, 0.15) is 5.75 Å². The van der Waals surface area contributed by atoms with Crippen molar-refractivity contribution < 1.29 is 26.7 Å². The van der Waals surface area contributed by atoms with Crippen molar-refractivity contribution in [3.63, 3.8) is 0 Å². The maximum atomic E-state index is 14.0. The number of anilines is 1. The van der Waals surface area contributed by atoms with Gasteiger partial charge in [-0.3, -0.25) is 0 Å². The molecule has 1 aliphatic heterocycles. The van der Waals surface area contributed by atoms with Crippen molar-refractivity contribution >= 4 is 21.6 Å². The van der Waals surface area contributed by atoms with Crippen molar-refractivity contribution in [2.75, 3.05) is 18.0 Å². The largest absolute Gasteiger partial charge is 0.450 e. The third kappa shape index (κ3) is 3.89. The summed E-state index contributed by atoms with van der Waals surface area (Å²) in [5.74, 6) is -3.56. The molecular weight excluding hydrogens is 409 g/mol. The van der Waals surface area contributed by atoms with Gasteiger partial charge >= 0.3 is 6.18 Å². The molecule has 1 aliphatic rings. The molecule has 2 aromatic rings. The fraction of sp³-hybridized carbons (Fsp3) is 0.294. The van der Waals surface area contributed by atoms with Crippen LogP contribution in [0.2, 0.25) is 0 Å². The van der Waals surface area contributed by atoms with Crippen LogP contribution >= 0.6 is 15.9 Å². The molecule has 25 heavy (non-hydrogen) atoms. The second kappa shape index (κ2) is 6.82. The molecule has 0 radical (unpaired) electrons. The normalized spacial score (nSPS) is 14.9. The quantitative estimate of drug-likeness (QED) is 0.552. The third-order valence-electron chi connectivity index (χ3n) is 3.92. The minimum Gasteiger partial charge on any atom is -0.450 e. The summed E-state index contributed by atoms with van der Waals surface area (Å²) in [7, 11) is 0. The van der Waals surface area contributed by atoms with Crippen LogP contribution in [0.15, 0.2) is 34.8 Å². The van der Waals surface area contributed by atoms with E-state index in [1.165, 1.54) is 0 Å². The second-order valence-corrected chi connectivity index (χ2v) is 6.53. The molecule has 0 spiro atoms. The van der Waals surface area contributed by atoms with Crippen molar-refractivity contribution in [2.45, 2.75) is 19.0 Å². The first-order chi connectivity index (χ1) is 11.8. The first-order valence-electron chi connectivity index (χ1n) is 7.54. The predicted octanol–water partition coefficient (Wildman–Crippen LogP) is 6.14. The highest BCUT2D eigenvalue weighted by molar-refractivity contribution is 9.10. The molecule has 1 fully saturated rings. The Hall–Kier alpha value is -1.83. The number of benzene rings is 2. The van der Waals surface area contributed by atoms with Crippen LogP contribution in [0.3, 0.4) is 0 Å². The monoisotopic (exact) mass is 421 g/mol. The molecule has 134 valence electrons. The molecule has 0 aromatic heterocycles. The van der Waals surface area contributed by atoms with Crippen LogP contribution in [-0.4, -0.2) is 13.1 Å². The Morgan fingerprint density at radius 3 is 2.12 bits per heavy atom. The number of hydrogen-bond donors (Lipinski definition) is 0. The Bertz CT molecular complexity index is 764. The second-order valence-electron chi connectivity index (χ2n) is 5.68. The Kier molecular flexibility index (Phi) is 4.90. The van der Waals surface area contributed by atoms with E-state index < -0.39 is 29.1 Å². The van der Waals surface area contributed by atoms with E-state index in [0.717, 1.165) is 31.6 Å². The van der Waals surface area contributed by atoms with E-state index >= 15 is 0 Å². The molecule has 0 bridgehead atoms. The molecule has 0 unspecified atom stereocenters. The van der Waals surface area contributed by atoms with E-state index in [-0.39, 0.29) is 17.9 Å². The molecular formula is C17H13BrF5NO. The van der Waals surface area contributed by atoms with E-state index in [1.807, 2.05) is 6.07 Å². The van der Waals surface area contributed by atoms with Crippen LogP contribution < -0.4 is 9.64 Å². The lowest BCUT2D eigenvalue weighted by Gasteiger charge is -2.19. The first-order valence-corrected chi connectivity index (χ1v) is 8.33. The molecule has 0 amide bonds. The molecule has 0 atom stereocenters. The summed E-state index contributed by atoms with van der Waals surface area (Å²) in [4.78, 5) is 2.10. The lowest BCUT2D eigenvalue weighted by Crippen LogP contribution is -2.17. The number of rotatable bonds is 3. The zero-order valence-corrected chi connectivity index (χ0v) is 14.4. The third-order valence-corrected chi connectivity index (χ3v) is 4.58. The van der Waals surface area contributed by atoms with E-state index in [1.54, 1.807) is 12.1 Å². The van der Waals surface area contributed by atoms with Crippen LogP contribution in [0.5, 0.6) is 11.5 Å². The molecule has 2 nitrogen and oxygen atoms in total. The first kappa shape index (κ1) is 18.0. The zero-order chi connectivity index (χ0) is 18.2. The summed E-state index contributed by atoms with van der Waals surface area (Å²) in [6, 6.07) is 5.55. The van der Waals surface area contributed by atoms with Crippen LogP contribution in [0.4, 0.5) is 27.6 Å². The smallest absolute Gasteiger partial charge is 0.416 e. The number of halogens is 6. The van der Waals surface area contributed by atoms with E-state index in [0.29, 0.717) is 4.47 Å². The molecule has 3 rings (SSSR count). The molecule has 1 saturated heterocycles. The zero-order valence-electron chi connectivity index (χ0n) is 12.8. The fourth-order valence-corrected chi connectivity index (χ4v) is 3.00. The van der Waals surface area contributed by atoms with Crippen molar-refractivity contribution in [3.05, 3.63) is 52.0 Å². The maximum absolute atomic E-state index is 14.0. The molecule has 8 heteroatoms. The van der Waals surface area contributed by atoms with Crippen molar-refractivity contribution in [3.8, 4) is 11.5 Å². The number of ether oxygens (including phenoxy) is 1. The topological polar surface area (TPSA) is 12.5 Å². The van der Waals surface area contributed by atoms with E-state index in [4.69, 9.17) is 4.74 Å². The average Bonchev–Trinajstić information content (AvgIpc) is 3.05. The number of alkyl halides is 3. The summed E-state index contributed by atoms with van der Waals surface area (Å²) >= 11 is 3.22. The van der Waals surface area contributed by atoms with Gasteiger partial charge in [0.05, 0.1) is 10.0 Å². The molecule has 0 aliphatic carbocycles. The molecule has 0 N–H and O–H groups in total. The SMILES string of the molecule is Fc1cc(C(F)(F)F)cc(F)c1Oc1cc(N2CCCC2)ccc1Br. The van der Waals surface area contributed by atoms with Gasteiger partial charge in [-0.05, 0) is 53.0 Å². The Morgan fingerprint density at radius 2 is 1.56 bits per heavy atom. The number of hydrogen-bond acceptors (Lipinski definition) is 2. The summed E-state index contributed by atoms with van der Waals surface area (Å²) in [6.45, 7) is 1.73. The Labute approximate surface area is 149 Å². The van der Waals surface area contributed by atoms with E-state index in [9.17, 15) is 22.0 Å². The van der Waals surface area contributed by atoms with Gasteiger partial charge in [0.15, 0.2) is 17.4 Å². The fourth-order valence-electron chi connectivity index (χ4n) is 2.67. The average molecular weight is 422 g/mol. The lowest BCUT2D eigenvalue weighted by molar-refractivity contribution is -0.138. The summed E-state index contributed by atoms with van der Waals surface area (Å²) in [6.07, 6.45) is -2.74. The van der Waals surface area contributed by atoms with Crippen LogP contribution in [0.25, 0.3) is 0 Å². The van der Waals surface area contributed by atoms with Crippen LogP contribution in [0.1, 0.15) is 18.4 Å². The van der Waals surface area contributed by atoms with E-state index in [2.05, 4.69) is 20.8 Å².